The molecule has 2 aliphatic rings. The zero-order valence-electron chi connectivity index (χ0n) is 14.2. The average Bonchev–Trinajstić information content (AvgIpc) is 3.32. The zero-order chi connectivity index (χ0) is 17.2. The Balaban J connectivity index is 1.50. The van der Waals surface area contributed by atoms with Gasteiger partial charge < -0.3 is 10.2 Å². The van der Waals surface area contributed by atoms with Crippen LogP contribution < -0.4 is 5.32 Å². The van der Waals surface area contributed by atoms with E-state index < -0.39 is 0 Å². The molecule has 1 fully saturated rings. The van der Waals surface area contributed by atoms with E-state index in [2.05, 4.69) is 17.4 Å². The summed E-state index contributed by atoms with van der Waals surface area (Å²) >= 11 is 1.43. The van der Waals surface area contributed by atoms with Gasteiger partial charge in [-0.2, -0.15) is 0 Å². The summed E-state index contributed by atoms with van der Waals surface area (Å²) in [6.45, 7) is 0.652. The van der Waals surface area contributed by atoms with E-state index in [0.717, 1.165) is 37.8 Å². The Morgan fingerprint density at radius 2 is 1.96 bits per heavy atom. The molecule has 4 rings (SSSR count). The normalized spacial score (nSPS) is 19.5. The van der Waals surface area contributed by atoms with Gasteiger partial charge in [-0.1, -0.05) is 12.1 Å². The molecule has 1 aliphatic carbocycles. The van der Waals surface area contributed by atoms with Crippen LogP contribution in [0.15, 0.2) is 35.7 Å². The summed E-state index contributed by atoms with van der Waals surface area (Å²) in [5.74, 6) is -0.0913. The fraction of sp³-hybridized carbons (Fsp3) is 0.400. The van der Waals surface area contributed by atoms with Gasteiger partial charge in [0.05, 0.1) is 4.88 Å². The summed E-state index contributed by atoms with van der Waals surface area (Å²) in [7, 11) is 0. The van der Waals surface area contributed by atoms with E-state index in [4.69, 9.17) is 0 Å². The number of carbonyl (C=O) groups is 2. The topological polar surface area (TPSA) is 49.4 Å². The Kier molecular flexibility index (Phi) is 4.57. The van der Waals surface area contributed by atoms with E-state index in [0.29, 0.717) is 11.4 Å². The molecule has 130 valence electrons. The first-order valence-electron chi connectivity index (χ1n) is 8.99. The van der Waals surface area contributed by atoms with Gasteiger partial charge in [-0.05, 0) is 73.2 Å². The predicted molar refractivity (Wildman–Crippen MR) is 100 cm³/mol. The average molecular weight is 354 g/mol. The number of nitrogens with one attached hydrogen (secondary N) is 1. The number of carbonyl (C=O) groups excluding carboxylic acids is 2. The molecule has 1 aromatic heterocycles. The van der Waals surface area contributed by atoms with Crippen LogP contribution in [0.3, 0.4) is 0 Å². The van der Waals surface area contributed by atoms with E-state index in [-0.39, 0.29) is 17.9 Å². The van der Waals surface area contributed by atoms with Crippen molar-refractivity contribution >= 4 is 28.8 Å². The van der Waals surface area contributed by atoms with Crippen molar-refractivity contribution in [1.82, 2.24) is 4.90 Å². The largest absolute Gasteiger partial charge is 0.326 e. The van der Waals surface area contributed by atoms with E-state index in [1.807, 2.05) is 23.6 Å². The maximum Gasteiger partial charge on any atom is 0.264 e. The predicted octanol–water partition coefficient (Wildman–Crippen LogP) is 3.87. The number of fused-ring (bicyclic) bond motifs is 1. The van der Waals surface area contributed by atoms with Crippen LogP contribution in [0, 0.1) is 0 Å². The minimum atomic E-state index is -0.378. The summed E-state index contributed by atoms with van der Waals surface area (Å²) in [5.41, 5.74) is 3.58. The maximum absolute atomic E-state index is 12.9. The maximum atomic E-state index is 12.9. The minimum Gasteiger partial charge on any atom is -0.326 e. The number of hydrogen-bond acceptors (Lipinski definition) is 3. The van der Waals surface area contributed by atoms with E-state index >= 15 is 0 Å². The highest BCUT2D eigenvalue weighted by Crippen LogP contribution is 2.26. The number of aryl methyl sites for hydroxylation is 2. The molecule has 1 N–H and O–H groups in total. The van der Waals surface area contributed by atoms with E-state index in [1.165, 1.54) is 28.9 Å². The van der Waals surface area contributed by atoms with Crippen molar-refractivity contribution in [3.63, 3.8) is 0 Å². The van der Waals surface area contributed by atoms with Crippen LogP contribution in [-0.2, 0) is 17.6 Å². The number of hydrogen-bond donors (Lipinski definition) is 1. The quantitative estimate of drug-likeness (QED) is 0.910. The first kappa shape index (κ1) is 16.3. The van der Waals surface area contributed by atoms with Crippen LogP contribution in [-0.4, -0.2) is 29.3 Å². The molecule has 1 aliphatic heterocycles. The number of nitrogens with zero attached hydrogens (tertiary/aromatic N) is 1. The number of piperidine rings is 1. The lowest BCUT2D eigenvalue weighted by molar-refractivity contribution is -0.121. The summed E-state index contributed by atoms with van der Waals surface area (Å²) < 4.78 is 0. The molecule has 1 aromatic carbocycles. The van der Waals surface area contributed by atoms with Gasteiger partial charge >= 0.3 is 0 Å². The second-order valence-corrected chi connectivity index (χ2v) is 7.76. The van der Waals surface area contributed by atoms with E-state index in [9.17, 15) is 9.59 Å². The third-order valence-electron chi connectivity index (χ3n) is 5.16. The van der Waals surface area contributed by atoms with Crippen molar-refractivity contribution < 1.29 is 9.59 Å². The molecule has 0 unspecified atom stereocenters. The molecule has 2 amide bonds. The van der Waals surface area contributed by atoms with Gasteiger partial charge in [0.25, 0.3) is 5.91 Å². The summed E-state index contributed by atoms with van der Waals surface area (Å²) in [6, 6.07) is 9.52. The third-order valence-corrected chi connectivity index (χ3v) is 6.02. The lowest BCUT2D eigenvalue weighted by Gasteiger charge is -2.34. The molecule has 0 radical (unpaired) electrons. The van der Waals surface area contributed by atoms with Crippen LogP contribution in [0.1, 0.15) is 46.5 Å². The Morgan fingerprint density at radius 1 is 1.08 bits per heavy atom. The first-order valence-corrected chi connectivity index (χ1v) is 9.87. The number of amides is 2. The van der Waals surface area contributed by atoms with E-state index in [1.54, 1.807) is 4.90 Å². The summed E-state index contributed by atoms with van der Waals surface area (Å²) in [4.78, 5) is 28.0. The first-order chi connectivity index (χ1) is 12.2. The monoisotopic (exact) mass is 354 g/mol. The summed E-state index contributed by atoms with van der Waals surface area (Å²) in [6.07, 6.45) is 6.09. The molecule has 4 nitrogen and oxygen atoms in total. The molecule has 0 saturated carbocycles. The van der Waals surface area contributed by atoms with Gasteiger partial charge in [-0.3, -0.25) is 9.59 Å². The van der Waals surface area contributed by atoms with Gasteiger partial charge in [-0.15, -0.1) is 11.3 Å². The van der Waals surface area contributed by atoms with Crippen molar-refractivity contribution in [3.8, 4) is 0 Å². The van der Waals surface area contributed by atoms with Crippen LogP contribution in [0.4, 0.5) is 5.69 Å². The zero-order valence-corrected chi connectivity index (χ0v) is 15.0. The number of likely N-dealkylation sites (tertiary alicyclic amines) is 1. The molecule has 1 saturated heterocycles. The molecule has 1 atom stereocenters. The molecule has 2 aromatic rings. The van der Waals surface area contributed by atoms with Gasteiger partial charge in [0.1, 0.15) is 6.04 Å². The lowest BCUT2D eigenvalue weighted by atomic mass is 10.0. The number of rotatable bonds is 3. The van der Waals surface area contributed by atoms with Gasteiger partial charge in [-0.25, -0.2) is 0 Å². The fourth-order valence-electron chi connectivity index (χ4n) is 3.86. The van der Waals surface area contributed by atoms with Crippen LogP contribution in [0.25, 0.3) is 0 Å². The highest BCUT2D eigenvalue weighted by molar-refractivity contribution is 7.12. The fourth-order valence-corrected chi connectivity index (χ4v) is 4.54. The molecule has 0 spiro atoms. The van der Waals surface area contributed by atoms with Gasteiger partial charge in [0, 0.05) is 12.2 Å². The Morgan fingerprint density at radius 3 is 2.80 bits per heavy atom. The SMILES string of the molecule is O=C(Nc1ccc2c(c1)CCC2)[C@H]1CCCCN1C(=O)c1cccs1. The van der Waals surface area contributed by atoms with Crippen molar-refractivity contribution in [1.29, 1.82) is 0 Å². The molecule has 5 heteroatoms. The van der Waals surface area contributed by atoms with Crippen molar-refractivity contribution in [2.75, 3.05) is 11.9 Å². The Hall–Kier alpha value is -2.14. The van der Waals surface area contributed by atoms with Crippen LogP contribution >= 0.6 is 11.3 Å². The molecule has 25 heavy (non-hydrogen) atoms. The second kappa shape index (κ2) is 7.00. The smallest absolute Gasteiger partial charge is 0.264 e. The van der Waals surface area contributed by atoms with Crippen molar-refractivity contribution in [3.05, 3.63) is 51.7 Å². The number of thiophene rings is 1. The lowest BCUT2D eigenvalue weighted by Crippen LogP contribution is -2.49. The van der Waals surface area contributed by atoms with Crippen LogP contribution in [0.5, 0.6) is 0 Å². The van der Waals surface area contributed by atoms with Crippen molar-refractivity contribution in [2.24, 2.45) is 0 Å². The Labute approximate surface area is 151 Å². The van der Waals surface area contributed by atoms with Crippen LogP contribution in [0.2, 0.25) is 0 Å². The minimum absolute atomic E-state index is 0.0243. The highest BCUT2D eigenvalue weighted by atomic mass is 32.1. The third kappa shape index (κ3) is 3.33. The number of benzene rings is 1. The molecule has 0 bridgehead atoms. The van der Waals surface area contributed by atoms with Gasteiger partial charge in [0.2, 0.25) is 5.91 Å². The molecular weight excluding hydrogens is 332 g/mol. The molecular formula is C20H22N2O2S. The van der Waals surface area contributed by atoms with Crippen molar-refractivity contribution in [2.45, 2.75) is 44.6 Å². The summed E-state index contributed by atoms with van der Waals surface area (Å²) in [5, 5.41) is 4.94. The standard InChI is InChI=1S/C20H22N2O2S/c23-19(21-16-10-9-14-5-3-6-15(14)13-16)17-7-1-2-11-22(17)20(24)18-8-4-12-25-18/h4,8-10,12-13,17H,1-3,5-7,11H2,(H,21,23)/t17-/m1/s1. The van der Waals surface area contributed by atoms with Gasteiger partial charge in [0.15, 0.2) is 0 Å². The second-order valence-electron chi connectivity index (χ2n) is 6.81. The Bertz CT molecular complexity index is 785. The molecule has 2 heterocycles. The highest BCUT2D eigenvalue weighted by Gasteiger charge is 2.33. The number of anilines is 1.